The number of aromatic nitrogens is 1. The first-order valence-corrected chi connectivity index (χ1v) is 13.7. The Hall–Kier alpha value is -3.72. The van der Waals surface area contributed by atoms with Gasteiger partial charge in [-0.15, -0.1) is 0 Å². The maximum Gasteiger partial charge on any atom is 0.311 e. The molecule has 1 aliphatic heterocycles. The third kappa shape index (κ3) is 6.20. The van der Waals surface area contributed by atoms with Gasteiger partial charge in [-0.2, -0.15) is 0 Å². The van der Waals surface area contributed by atoms with Crippen LogP contribution in [0.1, 0.15) is 73.3 Å². The highest BCUT2D eigenvalue weighted by Gasteiger charge is 2.48. The van der Waals surface area contributed by atoms with Crippen LogP contribution in [0.4, 0.5) is 8.78 Å². The summed E-state index contributed by atoms with van der Waals surface area (Å²) < 4.78 is 32.8. The number of hydrogen-bond acceptors (Lipinski definition) is 6. The summed E-state index contributed by atoms with van der Waals surface area (Å²) in [5.41, 5.74) is -0.0833. The molecule has 2 aromatic carbocycles. The highest BCUT2D eigenvalue weighted by Crippen LogP contribution is 2.43. The number of carboxylic acid groups (broad SMARTS) is 1. The molecule has 2 fully saturated rings. The predicted octanol–water partition coefficient (Wildman–Crippen LogP) is 6.05. The Kier molecular flexibility index (Phi) is 8.21. The van der Waals surface area contributed by atoms with Gasteiger partial charge >= 0.3 is 5.97 Å². The van der Waals surface area contributed by atoms with Crippen LogP contribution in [0.15, 0.2) is 59.1 Å². The molecule has 1 N–H and O–H groups in total. The zero-order chi connectivity index (χ0) is 28.3. The van der Waals surface area contributed by atoms with Gasteiger partial charge < -0.3 is 9.63 Å². The van der Waals surface area contributed by atoms with Gasteiger partial charge in [0.15, 0.2) is 11.5 Å². The maximum absolute atomic E-state index is 14.2. The van der Waals surface area contributed by atoms with Gasteiger partial charge in [-0.1, -0.05) is 54.8 Å². The molecule has 0 unspecified atom stereocenters. The summed E-state index contributed by atoms with van der Waals surface area (Å²) in [7, 11) is 0. The third-order valence-corrected chi connectivity index (χ3v) is 8.20. The molecular weight excluding hydrogens is 518 g/mol. The van der Waals surface area contributed by atoms with Crippen LogP contribution >= 0.6 is 0 Å². The zero-order valence-electron chi connectivity index (χ0n) is 22.2. The summed E-state index contributed by atoms with van der Waals surface area (Å²) in [4.78, 5) is 41.0. The number of ketones is 2. The third-order valence-electron chi connectivity index (χ3n) is 8.20. The quantitative estimate of drug-likeness (QED) is 0.290. The van der Waals surface area contributed by atoms with Crippen molar-refractivity contribution in [3.63, 3.8) is 0 Å². The van der Waals surface area contributed by atoms with Crippen LogP contribution in [-0.4, -0.2) is 51.8 Å². The molecule has 5 rings (SSSR count). The van der Waals surface area contributed by atoms with E-state index in [1.807, 2.05) is 0 Å². The maximum atomic E-state index is 14.2. The van der Waals surface area contributed by atoms with Crippen molar-refractivity contribution in [1.82, 2.24) is 10.1 Å². The van der Waals surface area contributed by atoms with E-state index < -0.39 is 28.9 Å². The molecule has 3 aromatic rings. The van der Waals surface area contributed by atoms with Crippen LogP contribution in [-0.2, 0) is 9.59 Å². The highest BCUT2D eigenvalue weighted by molar-refractivity contribution is 5.96. The molecule has 2 heterocycles. The first-order valence-electron chi connectivity index (χ1n) is 13.7. The number of rotatable bonds is 11. The molecule has 1 saturated carbocycles. The molecule has 210 valence electrons. The molecule has 9 heteroatoms. The Morgan fingerprint density at radius 2 is 1.73 bits per heavy atom. The van der Waals surface area contributed by atoms with E-state index in [0.29, 0.717) is 24.7 Å². The first kappa shape index (κ1) is 27.8. The minimum absolute atomic E-state index is 0.00867. The number of carboxylic acids is 1. The molecule has 1 aliphatic carbocycles. The van der Waals surface area contributed by atoms with Crippen molar-refractivity contribution < 1.29 is 32.8 Å². The van der Waals surface area contributed by atoms with Crippen LogP contribution < -0.4 is 0 Å². The van der Waals surface area contributed by atoms with Gasteiger partial charge in [0.1, 0.15) is 23.1 Å². The van der Waals surface area contributed by atoms with Crippen molar-refractivity contribution in [2.24, 2.45) is 5.41 Å². The molecular formula is C31H32F2N2O5. The smallest absolute Gasteiger partial charge is 0.311 e. The topological polar surface area (TPSA) is 101 Å². The lowest BCUT2D eigenvalue weighted by Crippen LogP contribution is -2.61. The fraction of sp³-hybridized carbons (Fsp3) is 0.419. The van der Waals surface area contributed by atoms with Crippen molar-refractivity contribution in [3.8, 4) is 11.3 Å². The second kappa shape index (κ2) is 11.8. The molecule has 1 saturated heterocycles. The van der Waals surface area contributed by atoms with Crippen molar-refractivity contribution in [2.75, 3.05) is 13.1 Å². The second-order valence-corrected chi connectivity index (χ2v) is 11.2. The Bertz CT molecular complexity index is 1380. The van der Waals surface area contributed by atoms with Crippen molar-refractivity contribution in [1.29, 1.82) is 0 Å². The zero-order valence-corrected chi connectivity index (χ0v) is 22.2. The summed E-state index contributed by atoms with van der Waals surface area (Å²) in [5, 5.41) is 13.6. The Morgan fingerprint density at radius 3 is 2.40 bits per heavy atom. The average molecular weight is 551 g/mol. The van der Waals surface area contributed by atoms with E-state index in [4.69, 9.17) is 4.52 Å². The van der Waals surface area contributed by atoms with Gasteiger partial charge in [-0.05, 0) is 30.5 Å². The number of Topliss-reactive ketones (excluding diaryl/α,β-unsaturated/α-hetero) is 2. The van der Waals surface area contributed by atoms with E-state index in [1.54, 1.807) is 30.3 Å². The van der Waals surface area contributed by atoms with E-state index in [1.165, 1.54) is 18.6 Å². The molecule has 0 bridgehead atoms. The van der Waals surface area contributed by atoms with Gasteiger partial charge in [0.2, 0.25) is 0 Å². The molecule has 0 radical (unpaired) electrons. The number of likely N-dealkylation sites (tertiary alicyclic amines) is 1. The van der Waals surface area contributed by atoms with Crippen LogP contribution in [0.2, 0.25) is 0 Å². The number of halogens is 2. The lowest BCUT2D eigenvalue weighted by atomic mass is 9.69. The van der Waals surface area contributed by atoms with Gasteiger partial charge in [0.25, 0.3) is 0 Å². The van der Waals surface area contributed by atoms with Gasteiger partial charge in [0.05, 0.1) is 11.5 Å². The molecule has 2 aliphatic rings. The van der Waals surface area contributed by atoms with E-state index in [0.717, 1.165) is 37.8 Å². The number of aliphatic carboxylic acids is 1. The second-order valence-electron chi connectivity index (χ2n) is 11.2. The molecule has 0 amide bonds. The number of nitrogens with zero attached hydrogens (tertiary/aromatic N) is 2. The molecule has 0 spiro atoms. The summed E-state index contributed by atoms with van der Waals surface area (Å²) >= 11 is 0. The monoisotopic (exact) mass is 550 g/mol. The van der Waals surface area contributed by atoms with E-state index in [-0.39, 0.29) is 47.8 Å². The summed E-state index contributed by atoms with van der Waals surface area (Å²) in [6.45, 7) is 1.13. The summed E-state index contributed by atoms with van der Waals surface area (Å²) in [6.07, 6.45) is 5.66. The molecule has 7 nitrogen and oxygen atoms in total. The minimum atomic E-state index is -1.06. The summed E-state index contributed by atoms with van der Waals surface area (Å²) in [6, 6.07) is 13.5. The average Bonchev–Trinajstić information content (AvgIpc) is 3.41. The molecule has 40 heavy (non-hydrogen) atoms. The van der Waals surface area contributed by atoms with Gasteiger partial charge in [-0.3, -0.25) is 19.3 Å². The Balaban J connectivity index is 1.32. The summed E-state index contributed by atoms with van der Waals surface area (Å²) in [5.74, 6) is -4.12. The SMILES string of the molecule is O=C(C[C@H](C(=O)O)c1ccccc1)CC1(CC(=O)c2cc(-c3ccc(F)cc3F)on2)CN(C2CCCCC2)C1. The normalized spacial score (nSPS) is 18.1. The lowest BCUT2D eigenvalue weighted by molar-refractivity contribution is -0.141. The largest absolute Gasteiger partial charge is 0.481 e. The van der Waals surface area contributed by atoms with Crippen molar-refractivity contribution >= 4 is 17.5 Å². The van der Waals surface area contributed by atoms with E-state index >= 15 is 0 Å². The van der Waals surface area contributed by atoms with Crippen LogP contribution in [0, 0.1) is 17.0 Å². The number of carbonyl (C=O) groups excluding carboxylic acids is 2. The van der Waals surface area contributed by atoms with Crippen molar-refractivity contribution in [2.45, 2.75) is 63.3 Å². The van der Waals surface area contributed by atoms with E-state index in [9.17, 15) is 28.3 Å². The fourth-order valence-corrected chi connectivity index (χ4v) is 6.21. The molecule has 1 aromatic heterocycles. The number of hydrogen-bond donors (Lipinski definition) is 1. The highest BCUT2D eigenvalue weighted by atomic mass is 19.1. The van der Waals surface area contributed by atoms with Crippen LogP contribution in [0.25, 0.3) is 11.3 Å². The molecule has 1 atom stereocenters. The number of carbonyl (C=O) groups is 3. The van der Waals surface area contributed by atoms with E-state index in [2.05, 4.69) is 10.1 Å². The fourth-order valence-electron chi connectivity index (χ4n) is 6.21. The van der Waals surface area contributed by atoms with Gasteiger partial charge in [-0.25, -0.2) is 8.78 Å². The first-order chi connectivity index (χ1) is 19.2. The predicted molar refractivity (Wildman–Crippen MR) is 143 cm³/mol. The number of benzene rings is 2. The standard InChI is InChI=1S/C31H32F2N2O5/c32-21-11-12-24(26(33)13-21)29-15-27(34-40-29)28(37)17-31(18-35(19-31)22-9-5-2-6-10-22)16-23(36)14-25(30(38)39)20-7-3-1-4-8-20/h1,3-4,7-8,11-13,15,22,25H,2,5-6,9-10,14,16-19H2,(H,38,39)/t25-/m0/s1. The Morgan fingerprint density at radius 1 is 1.00 bits per heavy atom. The van der Waals surface area contributed by atoms with Crippen LogP contribution in [0.5, 0.6) is 0 Å². The van der Waals surface area contributed by atoms with Crippen molar-refractivity contribution in [3.05, 3.63) is 77.5 Å². The lowest BCUT2D eigenvalue weighted by Gasteiger charge is -2.54. The van der Waals surface area contributed by atoms with Crippen LogP contribution in [0.3, 0.4) is 0 Å². The minimum Gasteiger partial charge on any atom is -0.481 e. The van der Waals surface area contributed by atoms with Gasteiger partial charge in [0, 0.05) is 55.9 Å². The Labute approximate surface area is 231 Å².